The van der Waals surface area contributed by atoms with Gasteiger partial charge in [-0.1, -0.05) is 12.1 Å². The summed E-state index contributed by atoms with van der Waals surface area (Å²) in [5.74, 6) is 0.718. The van der Waals surface area contributed by atoms with Crippen LogP contribution in [-0.4, -0.2) is 35.2 Å². The molecule has 2 rings (SSSR count). The highest BCUT2D eigenvalue weighted by atomic mass is 16.5. The summed E-state index contributed by atoms with van der Waals surface area (Å²) >= 11 is 0. The molecule has 5 nitrogen and oxygen atoms in total. The molecule has 0 radical (unpaired) electrons. The number of amides is 1. The predicted molar refractivity (Wildman–Crippen MR) is 87.7 cm³/mol. The number of hydrogen-bond acceptors (Lipinski definition) is 4. The molecule has 5 heteroatoms. The number of ether oxygens (including phenoxy) is 1. The van der Waals surface area contributed by atoms with Crippen LogP contribution in [0.25, 0.3) is 0 Å². The van der Waals surface area contributed by atoms with Gasteiger partial charge in [0.1, 0.15) is 5.75 Å². The van der Waals surface area contributed by atoms with E-state index in [1.54, 1.807) is 29.2 Å². The van der Waals surface area contributed by atoms with Crippen LogP contribution < -0.4 is 4.74 Å². The van der Waals surface area contributed by atoms with Crippen LogP contribution in [0.5, 0.6) is 17.2 Å². The van der Waals surface area contributed by atoms with Crippen LogP contribution in [0.3, 0.4) is 0 Å². The summed E-state index contributed by atoms with van der Waals surface area (Å²) in [5, 5.41) is 19.2. The van der Waals surface area contributed by atoms with Crippen LogP contribution in [0.15, 0.2) is 36.4 Å². The minimum atomic E-state index is 0.0671. The fourth-order valence-electron chi connectivity index (χ4n) is 2.37. The van der Waals surface area contributed by atoms with Crippen molar-refractivity contribution in [2.75, 3.05) is 13.7 Å². The molecule has 0 saturated heterocycles. The third kappa shape index (κ3) is 4.39. The lowest BCUT2D eigenvalue weighted by atomic mass is 10.1. The van der Waals surface area contributed by atoms with Gasteiger partial charge in [-0.25, -0.2) is 0 Å². The van der Waals surface area contributed by atoms with Crippen LogP contribution >= 0.6 is 0 Å². The second-order valence-corrected chi connectivity index (χ2v) is 5.44. The zero-order chi connectivity index (χ0) is 16.8. The summed E-state index contributed by atoms with van der Waals surface area (Å²) in [6.45, 7) is 2.89. The van der Waals surface area contributed by atoms with Gasteiger partial charge >= 0.3 is 0 Å². The van der Waals surface area contributed by atoms with Crippen molar-refractivity contribution in [1.82, 2.24) is 4.90 Å². The Labute approximate surface area is 135 Å². The first-order valence-corrected chi connectivity index (χ1v) is 7.37. The number of rotatable bonds is 7. The number of nitrogens with zero attached hydrogens (tertiary/aromatic N) is 1. The Kier molecular flexibility index (Phi) is 5.46. The van der Waals surface area contributed by atoms with E-state index in [9.17, 15) is 15.0 Å². The standard InChI is InChI=1S/C18H21NO4/c1-13-9-18(23-2)17(22)10-15(13)11-19(12-20)8-7-14-3-5-16(21)6-4-14/h3-6,9-10,12,21-22H,7-8,11H2,1-2H3. The lowest BCUT2D eigenvalue weighted by Crippen LogP contribution is -2.24. The minimum Gasteiger partial charge on any atom is -0.508 e. The molecule has 0 bridgehead atoms. The average molecular weight is 315 g/mol. The third-order valence-electron chi connectivity index (χ3n) is 3.78. The van der Waals surface area contributed by atoms with E-state index in [-0.39, 0.29) is 11.5 Å². The topological polar surface area (TPSA) is 70.0 Å². The summed E-state index contributed by atoms with van der Waals surface area (Å²) in [4.78, 5) is 13.0. The SMILES string of the molecule is COc1cc(C)c(CN(C=O)CCc2ccc(O)cc2)cc1O. The second kappa shape index (κ2) is 7.54. The van der Waals surface area contributed by atoms with Gasteiger partial charge in [0.25, 0.3) is 0 Å². The Morgan fingerprint density at radius 2 is 1.87 bits per heavy atom. The highest BCUT2D eigenvalue weighted by Gasteiger charge is 2.10. The lowest BCUT2D eigenvalue weighted by Gasteiger charge is -2.19. The van der Waals surface area contributed by atoms with Crippen molar-refractivity contribution in [3.05, 3.63) is 53.1 Å². The van der Waals surface area contributed by atoms with E-state index < -0.39 is 0 Å². The van der Waals surface area contributed by atoms with Gasteiger partial charge < -0.3 is 19.8 Å². The fraction of sp³-hybridized carbons (Fsp3) is 0.278. The molecule has 0 atom stereocenters. The molecule has 0 unspecified atom stereocenters. The first-order valence-electron chi connectivity index (χ1n) is 7.37. The molecule has 122 valence electrons. The van der Waals surface area contributed by atoms with Gasteiger partial charge in [-0.05, 0) is 54.3 Å². The van der Waals surface area contributed by atoms with Gasteiger partial charge in [0.2, 0.25) is 6.41 Å². The molecule has 0 aromatic heterocycles. The average Bonchev–Trinajstić information content (AvgIpc) is 2.55. The van der Waals surface area contributed by atoms with Crippen molar-refractivity contribution in [2.24, 2.45) is 0 Å². The van der Waals surface area contributed by atoms with E-state index in [0.29, 0.717) is 25.3 Å². The highest BCUT2D eigenvalue weighted by Crippen LogP contribution is 2.29. The lowest BCUT2D eigenvalue weighted by molar-refractivity contribution is -0.118. The minimum absolute atomic E-state index is 0.0671. The first kappa shape index (κ1) is 16.7. The summed E-state index contributed by atoms with van der Waals surface area (Å²) < 4.78 is 5.07. The van der Waals surface area contributed by atoms with Crippen LogP contribution in [0.2, 0.25) is 0 Å². The van der Waals surface area contributed by atoms with Crippen LogP contribution in [-0.2, 0) is 17.8 Å². The molecule has 2 aromatic rings. The van der Waals surface area contributed by atoms with E-state index in [4.69, 9.17) is 4.74 Å². The zero-order valence-corrected chi connectivity index (χ0v) is 13.3. The molecule has 0 saturated carbocycles. The van der Waals surface area contributed by atoms with E-state index in [1.807, 2.05) is 19.1 Å². The maximum Gasteiger partial charge on any atom is 0.210 e. The maximum absolute atomic E-state index is 11.3. The largest absolute Gasteiger partial charge is 0.508 e. The molecule has 1 amide bonds. The number of carbonyl (C=O) groups is 1. The van der Waals surface area contributed by atoms with E-state index >= 15 is 0 Å². The van der Waals surface area contributed by atoms with Gasteiger partial charge in [-0.15, -0.1) is 0 Å². The smallest absolute Gasteiger partial charge is 0.210 e. The predicted octanol–water partition coefficient (Wildman–Crippen LogP) is 2.62. The third-order valence-corrected chi connectivity index (χ3v) is 3.78. The van der Waals surface area contributed by atoms with Gasteiger partial charge in [0.05, 0.1) is 7.11 Å². The molecular weight excluding hydrogens is 294 g/mol. The zero-order valence-electron chi connectivity index (χ0n) is 13.3. The van der Waals surface area contributed by atoms with Crippen molar-refractivity contribution in [1.29, 1.82) is 0 Å². The Bertz CT molecular complexity index is 667. The Hall–Kier alpha value is -2.69. The molecule has 0 spiro atoms. The Balaban J connectivity index is 2.03. The maximum atomic E-state index is 11.3. The van der Waals surface area contributed by atoms with Crippen molar-refractivity contribution in [2.45, 2.75) is 19.9 Å². The van der Waals surface area contributed by atoms with E-state index in [2.05, 4.69) is 0 Å². The highest BCUT2D eigenvalue weighted by molar-refractivity contribution is 5.50. The van der Waals surface area contributed by atoms with E-state index in [1.165, 1.54) is 7.11 Å². The van der Waals surface area contributed by atoms with Crippen LogP contribution in [0.4, 0.5) is 0 Å². The number of hydrogen-bond donors (Lipinski definition) is 2. The molecular formula is C18H21NO4. The monoisotopic (exact) mass is 315 g/mol. The molecule has 2 N–H and O–H groups in total. The van der Waals surface area contributed by atoms with Crippen molar-refractivity contribution < 1.29 is 19.7 Å². The second-order valence-electron chi connectivity index (χ2n) is 5.44. The number of phenols is 2. The van der Waals surface area contributed by atoms with Crippen LogP contribution in [0, 0.1) is 6.92 Å². The van der Waals surface area contributed by atoms with Gasteiger partial charge in [-0.3, -0.25) is 4.79 Å². The molecule has 0 fully saturated rings. The summed E-state index contributed by atoms with van der Waals surface area (Å²) in [5.41, 5.74) is 2.88. The fourth-order valence-corrected chi connectivity index (χ4v) is 2.37. The van der Waals surface area contributed by atoms with Crippen molar-refractivity contribution in [3.8, 4) is 17.2 Å². The normalized spacial score (nSPS) is 10.3. The number of aromatic hydroxyl groups is 2. The Morgan fingerprint density at radius 3 is 2.48 bits per heavy atom. The van der Waals surface area contributed by atoms with E-state index in [0.717, 1.165) is 23.1 Å². The molecule has 0 aliphatic carbocycles. The first-order chi connectivity index (χ1) is 11.0. The van der Waals surface area contributed by atoms with Gasteiger partial charge in [0.15, 0.2) is 11.5 Å². The number of methoxy groups -OCH3 is 1. The quantitative estimate of drug-likeness (QED) is 0.771. The molecule has 0 heterocycles. The number of carbonyl (C=O) groups excluding carboxylic acids is 1. The van der Waals surface area contributed by atoms with Crippen molar-refractivity contribution >= 4 is 6.41 Å². The molecule has 0 aliphatic heterocycles. The number of benzene rings is 2. The molecule has 23 heavy (non-hydrogen) atoms. The van der Waals surface area contributed by atoms with Gasteiger partial charge in [0, 0.05) is 13.1 Å². The number of phenolic OH excluding ortho intramolecular Hbond substituents is 2. The number of aryl methyl sites for hydroxylation is 1. The Morgan fingerprint density at radius 1 is 1.17 bits per heavy atom. The molecule has 0 aliphatic rings. The van der Waals surface area contributed by atoms with Gasteiger partial charge in [-0.2, -0.15) is 0 Å². The summed E-state index contributed by atoms with van der Waals surface area (Å²) in [6, 6.07) is 10.3. The molecule has 2 aromatic carbocycles. The van der Waals surface area contributed by atoms with Crippen LogP contribution in [0.1, 0.15) is 16.7 Å². The van der Waals surface area contributed by atoms with Crippen molar-refractivity contribution in [3.63, 3.8) is 0 Å². The summed E-state index contributed by atoms with van der Waals surface area (Å²) in [6.07, 6.45) is 1.50. The summed E-state index contributed by atoms with van der Waals surface area (Å²) in [7, 11) is 1.50.